The summed E-state index contributed by atoms with van der Waals surface area (Å²) in [5.74, 6) is 0. The predicted octanol–water partition coefficient (Wildman–Crippen LogP) is 1.76. The van der Waals surface area contributed by atoms with Crippen molar-refractivity contribution in [3.05, 3.63) is 0 Å². The highest BCUT2D eigenvalue weighted by Crippen LogP contribution is 2.17. The molecule has 0 radical (unpaired) electrons. The molecule has 0 amide bonds. The Morgan fingerprint density at radius 3 is 1.57 bits per heavy atom. The first-order valence-electron chi connectivity index (χ1n) is 1.26. The molecule has 0 aromatic carbocycles. The van der Waals surface area contributed by atoms with E-state index in [0.29, 0.717) is 0 Å². The minimum atomic E-state index is -4.65. The van der Waals surface area contributed by atoms with Crippen LogP contribution in [-0.2, 0) is 0 Å². The molecule has 5 heteroatoms. The van der Waals surface area contributed by atoms with Crippen molar-refractivity contribution in [3.8, 4) is 0 Å². The van der Waals surface area contributed by atoms with Crippen molar-refractivity contribution in [3.63, 3.8) is 0 Å². The molecule has 7 heavy (non-hydrogen) atoms. The monoisotopic (exact) mass is 131 g/mol. The van der Waals surface area contributed by atoms with E-state index in [-0.39, 0.29) is 0 Å². The summed E-state index contributed by atoms with van der Waals surface area (Å²) in [5, 5.41) is 4.00. The third-order valence-corrected chi connectivity index (χ3v) is 0.463. The molecule has 0 spiro atoms. The smallest absolute Gasteiger partial charge is 0.285 e. The zero-order valence-corrected chi connectivity index (χ0v) is 3.77. The largest absolute Gasteiger partial charge is 0.443 e. The van der Waals surface area contributed by atoms with Crippen LogP contribution in [0.4, 0.5) is 13.2 Å². The van der Waals surface area contributed by atoms with E-state index in [1.54, 1.807) is 0 Å². The lowest BCUT2D eigenvalue weighted by Gasteiger charge is -1.96. The van der Waals surface area contributed by atoms with E-state index in [1.807, 2.05) is 0 Å². The van der Waals surface area contributed by atoms with Crippen molar-refractivity contribution < 1.29 is 13.2 Å². The molecule has 0 saturated carbocycles. The van der Waals surface area contributed by atoms with Crippen LogP contribution in [0.2, 0.25) is 0 Å². The number of alkyl halides is 3. The lowest BCUT2D eigenvalue weighted by molar-refractivity contribution is -0.0565. The standard InChI is InChI=1S/C2HClF3N/c3-1(7)2(4,5)6/h7H. The van der Waals surface area contributed by atoms with Gasteiger partial charge in [0.25, 0.3) is 0 Å². The molecule has 42 valence electrons. The lowest BCUT2D eigenvalue weighted by atomic mass is 10.7. The molecule has 1 nitrogen and oxygen atoms in total. The number of hydrogen-bond acceptors (Lipinski definition) is 1. The van der Waals surface area contributed by atoms with Gasteiger partial charge in [-0.2, -0.15) is 13.2 Å². The van der Waals surface area contributed by atoms with Gasteiger partial charge in [-0.3, -0.25) is 5.41 Å². The van der Waals surface area contributed by atoms with Crippen LogP contribution in [0.5, 0.6) is 0 Å². The van der Waals surface area contributed by atoms with E-state index in [4.69, 9.17) is 5.41 Å². The molecule has 0 aromatic rings. The number of hydrogen-bond donors (Lipinski definition) is 1. The predicted molar refractivity (Wildman–Crippen MR) is 19.6 cm³/mol. The van der Waals surface area contributed by atoms with Crippen LogP contribution in [0.15, 0.2) is 0 Å². The maximum absolute atomic E-state index is 10.8. The zero-order valence-electron chi connectivity index (χ0n) is 3.01. The number of nitrogens with one attached hydrogen (secondary N) is 1. The highest BCUT2D eigenvalue weighted by Gasteiger charge is 2.32. The molecular formula is C2HClF3N. The second kappa shape index (κ2) is 1.69. The molecule has 0 aromatic heterocycles. The average molecular weight is 131 g/mol. The fourth-order valence-electron chi connectivity index (χ4n) is 0. The molecule has 0 fully saturated rings. The summed E-state index contributed by atoms with van der Waals surface area (Å²) in [5.41, 5.74) is 0. The topological polar surface area (TPSA) is 23.9 Å². The highest BCUT2D eigenvalue weighted by atomic mass is 35.5. The Kier molecular flexibility index (Phi) is 1.63. The Morgan fingerprint density at radius 1 is 1.43 bits per heavy atom. The molecule has 1 N–H and O–H groups in total. The van der Waals surface area contributed by atoms with E-state index in [1.165, 1.54) is 0 Å². The van der Waals surface area contributed by atoms with Gasteiger partial charge in [0.15, 0.2) is 0 Å². The number of rotatable bonds is 0. The molecule has 0 aliphatic carbocycles. The summed E-state index contributed by atoms with van der Waals surface area (Å²) in [6.07, 6.45) is -4.65. The van der Waals surface area contributed by atoms with Crippen molar-refractivity contribution >= 4 is 16.8 Å². The van der Waals surface area contributed by atoms with E-state index in [2.05, 4.69) is 11.6 Å². The Hall–Kier alpha value is -0.250. The first kappa shape index (κ1) is 6.75. The van der Waals surface area contributed by atoms with Crippen LogP contribution in [-0.4, -0.2) is 11.3 Å². The maximum atomic E-state index is 10.8. The van der Waals surface area contributed by atoms with Crippen LogP contribution in [0.25, 0.3) is 0 Å². The van der Waals surface area contributed by atoms with Crippen LogP contribution in [0.1, 0.15) is 0 Å². The average Bonchev–Trinajstić information content (AvgIpc) is 1.31. The minimum absolute atomic E-state index is 1.78. The van der Waals surface area contributed by atoms with Crippen molar-refractivity contribution in [2.75, 3.05) is 0 Å². The number of halogens is 4. The fraction of sp³-hybridized carbons (Fsp3) is 0.500. The molecule has 0 aliphatic heterocycles. The zero-order chi connectivity index (χ0) is 6.08. The third-order valence-electron chi connectivity index (χ3n) is 0.249. The summed E-state index contributed by atoms with van der Waals surface area (Å²) in [6, 6.07) is 0. The van der Waals surface area contributed by atoms with Gasteiger partial charge >= 0.3 is 6.18 Å². The first-order chi connectivity index (χ1) is 2.94. The van der Waals surface area contributed by atoms with Crippen molar-refractivity contribution in [2.45, 2.75) is 6.18 Å². The van der Waals surface area contributed by atoms with E-state index < -0.39 is 11.3 Å². The maximum Gasteiger partial charge on any atom is 0.443 e. The van der Waals surface area contributed by atoms with Gasteiger partial charge in [-0.25, -0.2) is 0 Å². The fourth-order valence-corrected chi connectivity index (χ4v) is 0. The Balaban J connectivity index is 3.79. The van der Waals surface area contributed by atoms with E-state index in [9.17, 15) is 13.2 Å². The Morgan fingerprint density at radius 2 is 1.57 bits per heavy atom. The molecular weight excluding hydrogens is 130 g/mol. The van der Waals surface area contributed by atoms with Crippen molar-refractivity contribution in [2.24, 2.45) is 0 Å². The molecule has 0 heterocycles. The van der Waals surface area contributed by atoms with Gasteiger partial charge in [0.05, 0.1) is 0 Å². The van der Waals surface area contributed by atoms with Crippen LogP contribution in [0, 0.1) is 5.41 Å². The highest BCUT2D eigenvalue weighted by molar-refractivity contribution is 6.65. The quantitative estimate of drug-likeness (QED) is 0.485. The lowest BCUT2D eigenvalue weighted by Crippen LogP contribution is -2.15. The summed E-state index contributed by atoms with van der Waals surface area (Å²) in [4.78, 5) is 0. The molecule has 0 saturated heterocycles. The van der Waals surface area contributed by atoms with Gasteiger partial charge in [-0.15, -0.1) is 0 Å². The van der Waals surface area contributed by atoms with Gasteiger partial charge in [-0.1, -0.05) is 11.6 Å². The Bertz CT molecular complexity index is 85.4. The van der Waals surface area contributed by atoms with Crippen LogP contribution < -0.4 is 0 Å². The van der Waals surface area contributed by atoms with Gasteiger partial charge in [0.1, 0.15) is 0 Å². The van der Waals surface area contributed by atoms with Crippen molar-refractivity contribution in [1.82, 2.24) is 0 Å². The second-order valence-corrected chi connectivity index (χ2v) is 1.19. The molecule has 0 rings (SSSR count). The summed E-state index contributed by atoms with van der Waals surface area (Å²) in [7, 11) is 0. The second-order valence-electron chi connectivity index (χ2n) is 0.812. The summed E-state index contributed by atoms with van der Waals surface area (Å²) < 4.78 is 32.5. The minimum Gasteiger partial charge on any atom is -0.285 e. The van der Waals surface area contributed by atoms with E-state index in [0.717, 1.165) is 0 Å². The molecule has 0 atom stereocenters. The van der Waals surface area contributed by atoms with Crippen LogP contribution in [0.3, 0.4) is 0 Å². The van der Waals surface area contributed by atoms with E-state index >= 15 is 0 Å². The summed E-state index contributed by atoms with van der Waals surface area (Å²) >= 11 is 4.21. The summed E-state index contributed by atoms with van der Waals surface area (Å²) in [6.45, 7) is 0. The molecule has 0 aliphatic rings. The molecule has 0 bridgehead atoms. The normalized spacial score (nSPS) is 11.4. The Labute approximate surface area is 42.6 Å². The van der Waals surface area contributed by atoms with Gasteiger partial charge in [0, 0.05) is 0 Å². The van der Waals surface area contributed by atoms with Crippen LogP contribution >= 0.6 is 11.6 Å². The first-order valence-corrected chi connectivity index (χ1v) is 1.63. The molecule has 0 unspecified atom stereocenters. The third kappa shape index (κ3) is 2.45. The van der Waals surface area contributed by atoms with Gasteiger partial charge in [-0.05, 0) is 0 Å². The van der Waals surface area contributed by atoms with Crippen molar-refractivity contribution in [1.29, 1.82) is 5.41 Å². The van der Waals surface area contributed by atoms with Gasteiger partial charge < -0.3 is 0 Å². The SMILES string of the molecule is N=C(Cl)C(F)(F)F. The van der Waals surface area contributed by atoms with Gasteiger partial charge in [0.2, 0.25) is 5.17 Å².